The van der Waals surface area contributed by atoms with E-state index in [0.717, 1.165) is 9.75 Å². The van der Waals surface area contributed by atoms with Crippen molar-refractivity contribution in [2.24, 2.45) is 0 Å². The number of nitrogens with one attached hydrogen (secondary N) is 1. The second-order valence-electron chi connectivity index (χ2n) is 6.55. The first-order valence-corrected chi connectivity index (χ1v) is 11.7. The molecule has 0 unspecified atom stereocenters. The molecule has 168 valence electrons. The van der Waals surface area contributed by atoms with Gasteiger partial charge in [-0.1, -0.05) is 12.1 Å². The number of aromatic amines is 1. The maximum absolute atomic E-state index is 13.0. The number of H-pyrrole nitrogens is 1. The van der Waals surface area contributed by atoms with E-state index in [4.69, 9.17) is 14.2 Å². The van der Waals surface area contributed by atoms with Gasteiger partial charge in [0, 0.05) is 9.75 Å². The summed E-state index contributed by atoms with van der Waals surface area (Å²) in [6, 6.07) is 7.50. The zero-order valence-corrected chi connectivity index (χ0v) is 19.6. The molecule has 0 aliphatic rings. The maximum Gasteiger partial charge on any atom is 0.355 e. The molecular weight excluding hydrogens is 450 g/mol. The Morgan fingerprint density at radius 1 is 0.969 bits per heavy atom. The molecule has 0 aromatic carbocycles. The number of thiophene rings is 2. The van der Waals surface area contributed by atoms with Crippen LogP contribution in [0.3, 0.4) is 0 Å². The maximum atomic E-state index is 13.0. The Labute approximate surface area is 193 Å². The summed E-state index contributed by atoms with van der Waals surface area (Å²) >= 11 is 2.93. The predicted molar refractivity (Wildman–Crippen MR) is 124 cm³/mol. The molecule has 0 aliphatic heterocycles. The quantitative estimate of drug-likeness (QED) is 0.264. The van der Waals surface area contributed by atoms with Crippen LogP contribution in [0.2, 0.25) is 0 Å². The zero-order chi connectivity index (χ0) is 23.1. The molecule has 0 amide bonds. The van der Waals surface area contributed by atoms with Gasteiger partial charge < -0.3 is 19.2 Å². The average Bonchev–Trinajstić information content (AvgIpc) is 3.52. The van der Waals surface area contributed by atoms with E-state index in [9.17, 15) is 14.4 Å². The molecule has 32 heavy (non-hydrogen) atoms. The number of esters is 3. The Balaban J connectivity index is 1.88. The normalized spacial score (nSPS) is 11.3. The molecule has 3 heterocycles. The summed E-state index contributed by atoms with van der Waals surface area (Å²) in [6.45, 7) is 5.12. The molecule has 3 rings (SSSR count). The SMILES string of the molecule is CCOC(=O)c1[nH]c(COC(=O)/C(=C/c2cccs2)c2cccs2)c(C(=O)OCC)c1C. The first-order chi connectivity index (χ1) is 15.5. The van der Waals surface area contributed by atoms with Crippen LogP contribution in [0.5, 0.6) is 0 Å². The van der Waals surface area contributed by atoms with Crippen LogP contribution in [0.1, 0.15) is 55.7 Å². The van der Waals surface area contributed by atoms with Gasteiger partial charge in [0.2, 0.25) is 0 Å². The fourth-order valence-corrected chi connectivity index (χ4v) is 4.43. The summed E-state index contributed by atoms with van der Waals surface area (Å²) in [5.74, 6) is -1.74. The first-order valence-electron chi connectivity index (χ1n) is 9.98. The standard InChI is InChI=1S/C23H23NO6S2/c1-4-28-22(26)19-14(3)20(23(27)29-5-2)24-17(19)13-30-21(25)16(18-9-7-11-32-18)12-15-8-6-10-31-15/h6-12,24H,4-5,13H2,1-3H3/b16-12+. The third-order valence-electron chi connectivity index (χ3n) is 4.47. The lowest BCUT2D eigenvalue weighted by Gasteiger charge is -2.08. The Bertz CT molecular complexity index is 1110. The highest BCUT2D eigenvalue weighted by Crippen LogP contribution is 2.27. The minimum atomic E-state index is -0.601. The number of ether oxygens (including phenoxy) is 3. The van der Waals surface area contributed by atoms with Crippen molar-refractivity contribution in [2.75, 3.05) is 13.2 Å². The first kappa shape index (κ1) is 23.5. The monoisotopic (exact) mass is 473 g/mol. The van der Waals surface area contributed by atoms with Gasteiger partial charge in [-0.3, -0.25) is 0 Å². The van der Waals surface area contributed by atoms with Crippen molar-refractivity contribution in [3.8, 4) is 0 Å². The van der Waals surface area contributed by atoms with E-state index >= 15 is 0 Å². The molecule has 1 N–H and O–H groups in total. The third kappa shape index (κ3) is 5.35. The molecule has 0 saturated heterocycles. The number of aromatic nitrogens is 1. The van der Waals surface area contributed by atoms with Gasteiger partial charge in [0.1, 0.15) is 12.3 Å². The Morgan fingerprint density at radius 3 is 2.28 bits per heavy atom. The van der Waals surface area contributed by atoms with Crippen LogP contribution >= 0.6 is 22.7 Å². The van der Waals surface area contributed by atoms with E-state index < -0.39 is 17.9 Å². The fraction of sp³-hybridized carbons (Fsp3) is 0.261. The van der Waals surface area contributed by atoms with Gasteiger partial charge in [-0.05, 0) is 55.3 Å². The summed E-state index contributed by atoms with van der Waals surface area (Å²) in [5, 5.41) is 3.80. The number of hydrogen-bond donors (Lipinski definition) is 1. The highest BCUT2D eigenvalue weighted by molar-refractivity contribution is 7.12. The highest BCUT2D eigenvalue weighted by Gasteiger charge is 2.27. The third-order valence-corrected chi connectivity index (χ3v) is 6.19. The summed E-state index contributed by atoms with van der Waals surface area (Å²) < 4.78 is 15.7. The van der Waals surface area contributed by atoms with Crippen LogP contribution in [-0.4, -0.2) is 36.1 Å². The molecule has 0 radical (unpaired) electrons. The summed E-state index contributed by atoms with van der Waals surface area (Å²) in [4.78, 5) is 42.3. The molecule has 0 bridgehead atoms. The predicted octanol–water partition coefficient (Wildman–Crippen LogP) is 5.08. The molecule has 0 aliphatic carbocycles. The second kappa shape index (κ2) is 10.9. The molecule has 9 heteroatoms. The number of carbonyl (C=O) groups is 3. The van der Waals surface area contributed by atoms with Crippen molar-refractivity contribution >= 4 is 52.2 Å². The molecule has 0 fully saturated rings. The zero-order valence-electron chi connectivity index (χ0n) is 17.9. The molecule has 7 nitrogen and oxygen atoms in total. The van der Waals surface area contributed by atoms with Gasteiger partial charge in [-0.25, -0.2) is 14.4 Å². The number of rotatable bonds is 9. The van der Waals surface area contributed by atoms with E-state index in [-0.39, 0.29) is 36.8 Å². The van der Waals surface area contributed by atoms with Gasteiger partial charge in [0.25, 0.3) is 0 Å². The smallest absolute Gasteiger partial charge is 0.355 e. The van der Waals surface area contributed by atoms with Gasteiger partial charge in [-0.2, -0.15) is 0 Å². The summed E-state index contributed by atoms with van der Waals surface area (Å²) in [7, 11) is 0. The van der Waals surface area contributed by atoms with Crippen molar-refractivity contribution in [2.45, 2.75) is 27.4 Å². The molecule has 3 aromatic heterocycles. The molecular formula is C23H23NO6S2. The van der Waals surface area contributed by atoms with Crippen LogP contribution in [0, 0.1) is 6.92 Å². The number of hydrogen-bond acceptors (Lipinski definition) is 8. The van der Waals surface area contributed by atoms with E-state index in [1.807, 2.05) is 35.0 Å². The van der Waals surface area contributed by atoms with Crippen molar-refractivity contribution in [3.63, 3.8) is 0 Å². The van der Waals surface area contributed by atoms with Crippen LogP contribution in [0.15, 0.2) is 35.0 Å². The van der Waals surface area contributed by atoms with Crippen molar-refractivity contribution in [1.29, 1.82) is 0 Å². The molecule has 3 aromatic rings. The molecule has 0 spiro atoms. The summed E-state index contributed by atoms with van der Waals surface area (Å²) in [5.41, 5.74) is 1.38. The van der Waals surface area contributed by atoms with Gasteiger partial charge in [-0.15, -0.1) is 22.7 Å². The second-order valence-corrected chi connectivity index (χ2v) is 8.47. The minimum absolute atomic E-state index is 0.133. The Kier molecular flexibility index (Phi) is 8.02. The van der Waals surface area contributed by atoms with Crippen LogP contribution in [-0.2, 0) is 25.6 Å². The molecule has 0 atom stereocenters. The van der Waals surface area contributed by atoms with E-state index in [0.29, 0.717) is 11.1 Å². The minimum Gasteiger partial charge on any atom is -0.462 e. The van der Waals surface area contributed by atoms with Gasteiger partial charge in [0.05, 0.1) is 30.0 Å². The van der Waals surface area contributed by atoms with Crippen LogP contribution in [0.25, 0.3) is 11.6 Å². The average molecular weight is 474 g/mol. The molecule has 0 saturated carbocycles. The van der Waals surface area contributed by atoms with E-state index in [1.165, 1.54) is 22.7 Å². The largest absolute Gasteiger partial charge is 0.462 e. The van der Waals surface area contributed by atoms with Gasteiger partial charge >= 0.3 is 17.9 Å². The van der Waals surface area contributed by atoms with E-state index in [2.05, 4.69) is 4.98 Å². The lowest BCUT2D eigenvalue weighted by molar-refractivity contribution is -0.137. The Morgan fingerprint density at radius 2 is 1.66 bits per heavy atom. The van der Waals surface area contributed by atoms with Crippen molar-refractivity contribution in [1.82, 2.24) is 4.98 Å². The van der Waals surface area contributed by atoms with Crippen LogP contribution in [0.4, 0.5) is 0 Å². The lowest BCUT2D eigenvalue weighted by Crippen LogP contribution is -2.11. The van der Waals surface area contributed by atoms with Crippen molar-refractivity contribution < 1.29 is 28.6 Å². The lowest BCUT2D eigenvalue weighted by atomic mass is 10.1. The Hall–Kier alpha value is -3.17. The number of carbonyl (C=O) groups excluding carboxylic acids is 3. The fourth-order valence-electron chi connectivity index (χ4n) is 3.05. The highest BCUT2D eigenvalue weighted by atomic mass is 32.1. The van der Waals surface area contributed by atoms with Crippen LogP contribution < -0.4 is 0 Å². The van der Waals surface area contributed by atoms with Gasteiger partial charge in [0.15, 0.2) is 0 Å². The topological polar surface area (TPSA) is 94.7 Å². The van der Waals surface area contributed by atoms with E-state index in [1.54, 1.807) is 26.8 Å². The van der Waals surface area contributed by atoms with Crippen molar-refractivity contribution in [3.05, 3.63) is 67.3 Å². The summed E-state index contributed by atoms with van der Waals surface area (Å²) in [6.07, 6.45) is 1.77.